The van der Waals surface area contributed by atoms with Crippen LogP contribution in [0, 0.1) is 23.0 Å². The maximum atomic E-state index is 11.7. The van der Waals surface area contributed by atoms with E-state index in [4.69, 9.17) is 0 Å². The molecule has 2 amide bonds. The van der Waals surface area contributed by atoms with Gasteiger partial charge in [-0.25, -0.2) is 0 Å². The molecule has 0 saturated carbocycles. The molecule has 0 radical (unpaired) electrons. The highest BCUT2D eigenvalue weighted by Crippen LogP contribution is 2.12. The maximum Gasteiger partial charge on any atom is 0.364 e. The van der Waals surface area contributed by atoms with Crippen LogP contribution in [0.5, 0.6) is 0 Å². The highest BCUT2D eigenvalue weighted by atomic mass is 16.6. The Morgan fingerprint density at radius 2 is 2.00 bits per heavy atom. The van der Waals surface area contributed by atoms with Crippen LogP contribution in [0.4, 0.5) is 5.82 Å². The van der Waals surface area contributed by atoms with E-state index in [2.05, 4.69) is 10.3 Å². The number of carbonyl (C=O) groups is 2. The van der Waals surface area contributed by atoms with E-state index in [0.717, 1.165) is 6.07 Å². The number of amides is 2. The molecule has 18 heavy (non-hydrogen) atoms. The predicted molar refractivity (Wildman–Crippen MR) is 62.9 cm³/mol. The summed E-state index contributed by atoms with van der Waals surface area (Å²) >= 11 is 0. The van der Waals surface area contributed by atoms with Gasteiger partial charge in [0.05, 0.1) is 5.56 Å². The molecule has 0 bridgehead atoms. The van der Waals surface area contributed by atoms with E-state index in [0.29, 0.717) is 5.69 Å². The summed E-state index contributed by atoms with van der Waals surface area (Å²) in [4.78, 5) is 36.6. The summed E-state index contributed by atoms with van der Waals surface area (Å²) in [5, 5.41) is 12.8. The van der Waals surface area contributed by atoms with Crippen molar-refractivity contribution in [2.24, 2.45) is 5.92 Å². The lowest BCUT2D eigenvalue weighted by molar-refractivity contribution is -0.389. The summed E-state index contributed by atoms with van der Waals surface area (Å²) in [5.74, 6) is -1.86. The number of aromatic nitrogens is 1. The fraction of sp³-hybridized carbons (Fsp3) is 0.364. The van der Waals surface area contributed by atoms with Gasteiger partial charge in [0.15, 0.2) is 5.69 Å². The van der Waals surface area contributed by atoms with E-state index >= 15 is 0 Å². The lowest BCUT2D eigenvalue weighted by Crippen LogP contribution is -2.33. The molecule has 0 fully saturated rings. The third-order valence-corrected chi connectivity index (χ3v) is 2.15. The number of nitro groups is 1. The van der Waals surface area contributed by atoms with Crippen LogP contribution in [0.25, 0.3) is 0 Å². The maximum absolute atomic E-state index is 11.7. The minimum absolute atomic E-state index is 0.0446. The molecule has 0 spiro atoms. The fourth-order valence-electron chi connectivity index (χ4n) is 1.20. The van der Waals surface area contributed by atoms with E-state index in [-0.39, 0.29) is 11.5 Å². The molecule has 0 unspecified atom stereocenters. The third-order valence-electron chi connectivity index (χ3n) is 2.15. The molecule has 1 aromatic rings. The smallest absolute Gasteiger partial charge is 0.358 e. The second-order valence-corrected chi connectivity index (χ2v) is 4.09. The topological polar surface area (TPSA) is 102 Å². The molecule has 0 aliphatic rings. The summed E-state index contributed by atoms with van der Waals surface area (Å²) in [6, 6.07) is 2.42. The van der Waals surface area contributed by atoms with Crippen molar-refractivity contribution in [3.8, 4) is 0 Å². The van der Waals surface area contributed by atoms with Crippen LogP contribution in [0.15, 0.2) is 12.1 Å². The van der Waals surface area contributed by atoms with E-state index in [9.17, 15) is 19.7 Å². The number of hydrogen-bond donors (Lipinski definition) is 1. The fourth-order valence-corrected chi connectivity index (χ4v) is 1.20. The van der Waals surface area contributed by atoms with Crippen molar-refractivity contribution in [1.82, 2.24) is 10.3 Å². The molecule has 1 rings (SSSR count). The minimum Gasteiger partial charge on any atom is -0.358 e. The van der Waals surface area contributed by atoms with E-state index in [1.165, 1.54) is 13.0 Å². The van der Waals surface area contributed by atoms with Gasteiger partial charge in [-0.1, -0.05) is 13.8 Å². The first kappa shape index (κ1) is 13.8. The summed E-state index contributed by atoms with van der Waals surface area (Å²) in [6.45, 7) is 4.82. The van der Waals surface area contributed by atoms with Gasteiger partial charge in [-0.3, -0.25) is 14.9 Å². The zero-order valence-electron chi connectivity index (χ0n) is 10.3. The van der Waals surface area contributed by atoms with Crippen molar-refractivity contribution in [1.29, 1.82) is 0 Å². The van der Waals surface area contributed by atoms with E-state index in [1.807, 2.05) is 0 Å². The first-order valence-corrected chi connectivity index (χ1v) is 5.29. The van der Waals surface area contributed by atoms with Gasteiger partial charge in [0, 0.05) is 18.9 Å². The van der Waals surface area contributed by atoms with Crippen LogP contribution in [-0.4, -0.2) is 21.7 Å². The summed E-state index contributed by atoms with van der Waals surface area (Å²) in [5.41, 5.74) is 0.384. The van der Waals surface area contributed by atoms with E-state index < -0.39 is 22.6 Å². The number of imide groups is 1. The standard InChI is InChI=1S/C11H13N3O4/c1-6(2)10(15)13-11(16)8-4-7(3)12-9(5-8)14(17)18/h4-6H,1-3H3,(H,13,15,16). The average Bonchev–Trinajstić information content (AvgIpc) is 2.27. The summed E-state index contributed by atoms with van der Waals surface area (Å²) in [7, 11) is 0. The molecule has 1 aromatic heterocycles. The lowest BCUT2D eigenvalue weighted by atomic mass is 10.1. The molecule has 0 aliphatic carbocycles. The number of rotatable bonds is 3. The average molecular weight is 251 g/mol. The highest BCUT2D eigenvalue weighted by Gasteiger charge is 2.18. The second kappa shape index (κ2) is 5.35. The van der Waals surface area contributed by atoms with Gasteiger partial charge in [0.2, 0.25) is 5.91 Å². The van der Waals surface area contributed by atoms with Gasteiger partial charge < -0.3 is 10.1 Å². The van der Waals surface area contributed by atoms with Gasteiger partial charge in [0.25, 0.3) is 5.91 Å². The molecule has 1 N–H and O–H groups in total. The molecule has 0 aliphatic heterocycles. The van der Waals surface area contributed by atoms with Crippen LogP contribution in [-0.2, 0) is 4.79 Å². The molecule has 7 nitrogen and oxygen atoms in total. The molecule has 0 aromatic carbocycles. The second-order valence-electron chi connectivity index (χ2n) is 4.09. The van der Waals surface area contributed by atoms with Crippen molar-refractivity contribution < 1.29 is 14.5 Å². The number of pyridine rings is 1. The van der Waals surface area contributed by atoms with Crippen molar-refractivity contribution in [2.45, 2.75) is 20.8 Å². The molecule has 7 heteroatoms. The van der Waals surface area contributed by atoms with Gasteiger partial charge in [-0.15, -0.1) is 0 Å². The van der Waals surface area contributed by atoms with Gasteiger partial charge in [0.1, 0.15) is 0 Å². The minimum atomic E-state index is -0.686. The Kier molecular flexibility index (Phi) is 4.09. The Hall–Kier alpha value is -2.31. The monoisotopic (exact) mass is 251 g/mol. The van der Waals surface area contributed by atoms with Crippen molar-refractivity contribution >= 4 is 17.6 Å². The molecule has 1 heterocycles. The van der Waals surface area contributed by atoms with Crippen molar-refractivity contribution in [3.63, 3.8) is 0 Å². The quantitative estimate of drug-likeness (QED) is 0.642. The largest absolute Gasteiger partial charge is 0.364 e. The van der Waals surface area contributed by atoms with Crippen molar-refractivity contribution in [2.75, 3.05) is 0 Å². The van der Waals surface area contributed by atoms with Crippen LogP contribution < -0.4 is 5.32 Å². The number of nitrogens with zero attached hydrogens (tertiary/aromatic N) is 2. The van der Waals surface area contributed by atoms with Crippen LogP contribution in [0.2, 0.25) is 0 Å². The highest BCUT2D eigenvalue weighted by molar-refractivity contribution is 6.05. The SMILES string of the molecule is Cc1cc(C(=O)NC(=O)C(C)C)cc([N+](=O)[O-])n1. The Balaban J connectivity index is 2.99. The molecular weight excluding hydrogens is 238 g/mol. The van der Waals surface area contributed by atoms with Crippen molar-refractivity contribution in [3.05, 3.63) is 33.5 Å². The first-order chi connectivity index (χ1) is 8.31. The lowest BCUT2D eigenvalue weighted by Gasteiger charge is -2.06. The molecule has 0 atom stereocenters. The van der Waals surface area contributed by atoms with Crippen LogP contribution in [0.1, 0.15) is 29.9 Å². The van der Waals surface area contributed by atoms with Gasteiger partial charge >= 0.3 is 5.82 Å². The zero-order valence-corrected chi connectivity index (χ0v) is 10.3. The van der Waals surface area contributed by atoms with E-state index in [1.54, 1.807) is 13.8 Å². The molecule has 96 valence electrons. The number of nitrogens with one attached hydrogen (secondary N) is 1. The molecule has 0 saturated heterocycles. The number of aryl methyl sites for hydroxylation is 1. The number of carbonyl (C=O) groups excluding carboxylic acids is 2. The Bertz CT molecular complexity index is 511. The predicted octanol–water partition coefficient (Wildman–Crippen LogP) is 1.21. The first-order valence-electron chi connectivity index (χ1n) is 5.29. The third kappa shape index (κ3) is 3.34. The molecular formula is C11H13N3O4. The summed E-state index contributed by atoms with van der Waals surface area (Å²) < 4.78 is 0. The van der Waals surface area contributed by atoms with Gasteiger partial charge in [-0.2, -0.15) is 0 Å². The Morgan fingerprint density at radius 1 is 1.39 bits per heavy atom. The Labute approximate surface area is 103 Å². The summed E-state index contributed by atoms with van der Waals surface area (Å²) in [6.07, 6.45) is 0. The normalized spacial score (nSPS) is 10.2. The zero-order chi connectivity index (χ0) is 13.9. The Morgan fingerprint density at radius 3 is 2.50 bits per heavy atom. The van der Waals surface area contributed by atoms with Gasteiger partial charge in [-0.05, 0) is 16.0 Å². The number of hydrogen-bond acceptors (Lipinski definition) is 5. The van der Waals surface area contributed by atoms with Crippen LogP contribution in [0.3, 0.4) is 0 Å². The van der Waals surface area contributed by atoms with Crippen LogP contribution >= 0.6 is 0 Å².